The molecule has 1 aromatic heterocycles. The lowest BCUT2D eigenvalue weighted by Crippen LogP contribution is -2.42. The lowest BCUT2D eigenvalue weighted by Gasteiger charge is -2.19. The van der Waals surface area contributed by atoms with Crippen molar-refractivity contribution < 1.29 is 14.3 Å². The Bertz CT molecular complexity index is 634. The molecule has 1 aliphatic rings. The number of rotatable bonds is 7. The number of ether oxygens (including phenoxy) is 2. The number of nitrogens with zero attached hydrogens (tertiary/aromatic N) is 1. The Morgan fingerprint density at radius 1 is 1.12 bits per heavy atom. The average Bonchev–Trinajstić information content (AvgIpc) is 3.03. The molecule has 1 aliphatic heterocycles. The summed E-state index contributed by atoms with van der Waals surface area (Å²) in [6.45, 7) is 1.72. The Kier molecular flexibility index (Phi) is 5.93. The second-order valence-electron chi connectivity index (χ2n) is 6.01. The van der Waals surface area contributed by atoms with Gasteiger partial charge in [0.2, 0.25) is 5.91 Å². The van der Waals surface area contributed by atoms with Gasteiger partial charge in [-0.1, -0.05) is 30.3 Å². The van der Waals surface area contributed by atoms with Crippen LogP contribution in [0.25, 0.3) is 0 Å². The second kappa shape index (κ2) is 8.57. The van der Waals surface area contributed by atoms with Gasteiger partial charge in [-0.3, -0.25) is 9.78 Å². The van der Waals surface area contributed by atoms with Gasteiger partial charge in [0, 0.05) is 18.3 Å². The van der Waals surface area contributed by atoms with Crippen LogP contribution in [-0.2, 0) is 27.3 Å². The van der Waals surface area contributed by atoms with E-state index < -0.39 is 0 Å². The van der Waals surface area contributed by atoms with E-state index >= 15 is 0 Å². The summed E-state index contributed by atoms with van der Waals surface area (Å²) in [7, 11) is 0. The zero-order valence-corrected chi connectivity index (χ0v) is 13.6. The van der Waals surface area contributed by atoms with E-state index in [-0.39, 0.29) is 24.5 Å². The van der Waals surface area contributed by atoms with Gasteiger partial charge in [-0.25, -0.2) is 0 Å². The standard InChI is InChI=1S/C19H22N2O3/c22-19(14-23-11-16-4-2-1-3-5-16)21-18-13-24-12-17(18)10-15-6-8-20-9-7-15/h1-9,17-18H,10-14H2,(H,21,22)/t17-,18+/m1/s1. The van der Waals surface area contributed by atoms with Gasteiger partial charge < -0.3 is 14.8 Å². The Labute approximate surface area is 142 Å². The monoisotopic (exact) mass is 326 g/mol. The van der Waals surface area contributed by atoms with Crippen LogP contribution in [0.1, 0.15) is 11.1 Å². The third-order valence-corrected chi connectivity index (χ3v) is 4.14. The van der Waals surface area contributed by atoms with Crippen molar-refractivity contribution in [1.29, 1.82) is 0 Å². The van der Waals surface area contributed by atoms with Crippen molar-refractivity contribution in [3.8, 4) is 0 Å². The van der Waals surface area contributed by atoms with Crippen molar-refractivity contribution in [2.75, 3.05) is 19.8 Å². The molecule has 2 aromatic rings. The van der Waals surface area contributed by atoms with Gasteiger partial charge in [0.15, 0.2) is 0 Å². The van der Waals surface area contributed by atoms with Gasteiger partial charge in [0.25, 0.3) is 0 Å². The van der Waals surface area contributed by atoms with Crippen LogP contribution in [0.5, 0.6) is 0 Å². The first-order valence-electron chi connectivity index (χ1n) is 8.19. The van der Waals surface area contributed by atoms with E-state index in [2.05, 4.69) is 10.3 Å². The Morgan fingerprint density at radius 2 is 1.92 bits per heavy atom. The molecule has 5 heteroatoms. The second-order valence-corrected chi connectivity index (χ2v) is 6.01. The van der Waals surface area contributed by atoms with E-state index in [1.807, 2.05) is 42.5 Å². The lowest BCUT2D eigenvalue weighted by molar-refractivity contribution is -0.127. The smallest absolute Gasteiger partial charge is 0.246 e. The zero-order chi connectivity index (χ0) is 16.6. The number of amides is 1. The fourth-order valence-electron chi connectivity index (χ4n) is 2.87. The van der Waals surface area contributed by atoms with Crippen molar-refractivity contribution in [2.24, 2.45) is 5.92 Å². The van der Waals surface area contributed by atoms with Gasteiger partial charge >= 0.3 is 0 Å². The third-order valence-electron chi connectivity index (χ3n) is 4.14. The largest absolute Gasteiger partial charge is 0.379 e. The summed E-state index contributed by atoms with van der Waals surface area (Å²) < 4.78 is 11.0. The molecule has 0 spiro atoms. The molecule has 0 bridgehead atoms. The molecule has 126 valence electrons. The molecule has 1 amide bonds. The summed E-state index contributed by atoms with van der Waals surface area (Å²) in [6.07, 6.45) is 4.45. The van der Waals surface area contributed by atoms with Crippen LogP contribution in [0.15, 0.2) is 54.9 Å². The molecule has 0 saturated carbocycles. The molecule has 2 atom stereocenters. The van der Waals surface area contributed by atoms with Crippen molar-refractivity contribution in [3.63, 3.8) is 0 Å². The maximum absolute atomic E-state index is 12.1. The van der Waals surface area contributed by atoms with Crippen LogP contribution in [-0.4, -0.2) is 36.8 Å². The van der Waals surface area contributed by atoms with Crippen LogP contribution in [0.4, 0.5) is 0 Å². The summed E-state index contributed by atoms with van der Waals surface area (Å²) in [4.78, 5) is 16.1. The molecule has 0 aliphatic carbocycles. The molecule has 24 heavy (non-hydrogen) atoms. The maximum atomic E-state index is 12.1. The Balaban J connectivity index is 1.43. The number of carbonyl (C=O) groups excluding carboxylic acids is 1. The van der Waals surface area contributed by atoms with E-state index in [9.17, 15) is 4.79 Å². The summed E-state index contributed by atoms with van der Waals surface area (Å²) in [6, 6.07) is 13.9. The van der Waals surface area contributed by atoms with Crippen LogP contribution in [0.2, 0.25) is 0 Å². The normalized spacial score (nSPS) is 20.0. The fourth-order valence-corrected chi connectivity index (χ4v) is 2.87. The molecule has 1 aromatic carbocycles. The van der Waals surface area contributed by atoms with E-state index in [4.69, 9.17) is 9.47 Å². The molecular formula is C19H22N2O3. The summed E-state index contributed by atoms with van der Waals surface area (Å²) in [5.74, 6) is 0.187. The minimum atomic E-state index is -0.0961. The number of aromatic nitrogens is 1. The van der Waals surface area contributed by atoms with Gasteiger partial charge in [0.1, 0.15) is 6.61 Å². The molecular weight excluding hydrogens is 304 g/mol. The minimum Gasteiger partial charge on any atom is -0.379 e. The predicted octanol–water partition coefficient (Wildman–Crippen LogP) is 1.97. The van der Waals surface area contributed by atoms with Crippen molar-refractivity contribution in [1.82, 2.24) is 10.3 Å². The van der Waals surface area contributed by atoms with Crippen LogP contribution < -0.4 is 5.32 Å². The van der Waals surface area contributed by atoms with Crippen LogP contribution >= 0.6 is 0 Å². The molecule has 1 fully saturated rings. The van der Waals surface area contributed by atoms with Crippen LogP contribution in [0, 0.1) is 5.92 Å². The van der Waals surface area contributed by atoms with E-state index in [1.54, 1.807) is 12.4 Å². The molecule has 2 heterocycles. The molecule has 0 unspecified atom stereocenters. The van der Waals surface area contributed by atoms with Gasteiger partial charge in [-0.05, 0) is 29.7 Å². The number of benzene rings is 1. The number of hydrogen-bond donors (Lipinski definition) is 1. The number of carbonyl (C=O) groups is 1. The van der Waals surface area contributed by atoms with E-state index in [0.29, 0.717) is 19.8 Å². The first-order chi connectivity index (χ1) is 11.8. The predicted molar refractivity (Wildman–Crippen MR) is 90.3 cm³/mol. The Morgan fingerprint density at radius 3 is 2.71 bits per heavy atom. The van der Waals surface area contributed by atoms with Crippen molar-refractivity contribution in [3.05, 3.63) is 66.0 Å². The number of nitrogens with one attached hydrogen (secondary N) is 1. The zero-order valence-electron chi connectivity index (χ0n) is 13.6. The average molecular weight is 326 g/mol. The van der Waals surface area contributed by atoms with Crippen LogP contribution in [0.3, 0.4) is 0 Å². The van der Waals surface area contributed by atoms with Crippen molar-refractivity contribution >= 4 is 5.91 Å². The lowest BCUT2D eigenvalue weighted by atomic mass is 9.95. The molecule has 1 N–H and O–H groups in total. The van der Waals surface area contributed by atoms with Crippen molar-refractivity contribution in [2.45, 2.75) is 19.1 Å². The van der Waals surface area contributed by atoms with E-state index in [1.165, 1.54) is 5.56 Å². The maximum Gasteiger partial charge on any atom is 0.246 e. The summed E-state index contributed by atoms with van der Waals surface area (Å²) in [5, 5.41) is 3.03. The highest BCUT2D eigenvalue weighted by Crippen LogP contribution is 2.18. The highest BCUT2D eigenvalue weighted by atomic mass is 16.5. The first-order valence-corrected chi connectivity index (χ1v) is 8.19. The number of hydrogen-bond acceptors (Lipinski definition) is 4. The highest BCUT2D eigenvalue weighted by molar-refractivity contribution is 5.77. The molecule has 1 saturated heterocycles. The third kappa shape index (κ3) is 4.88. The molecule has 5 nitrogen and oxygen atoms in total. The topological polar surface area (TPSA) is 60.5 Å². The SMILES string of the molecule is O=C(COCc1ccccc1)N[C@H]1COC[C@H]1Cc1ccncc1. The fraction of sp³-hybridized carbons (Fsp3) is 0.368. The highest BCUT2D eigenvalue weighted by Gasteiger charge is 2.29. The summed E-state index contributed by atoms with van der Waals surface area (Å²) in [5.41, 5.74) is 2.27. The quantitative estimate of drug-likeness (QED) is 0.845. The summed E-state index contributed by atoms with van der Waals surface area (Å²) >= 11 is 0. The molecule has 3 rings (SSSR count). The first kappa shape index (κ1) is 16.6. The Hall–Kier alpha value is -2.24. The van der Waals surface area contributed by atoms with Gasteiger partial charge in [-0.2, -0.15) is 0 Å². The van der Waals surface area contributed by atoms with Gasteiger partial charge in [0.05, 0.1) is 25.9 Å². The minimum absolute atomic E-state index is 0.0333. The number of pyridine rings is 1. The molecule has 0 radical (unpaired) electrons. The van der Waals surface area contributed by atoms with E-state index in [0.717, 1.165) is 12.0 Å². The van der Waals surface area contributed by atoms with Gasteiger partial charge in [-0.15, -0.1) is 0 Å².